The molecule has 1 N–H and O–H groups in total. The zero-order chi connectivity index (χ0) is 15.0. The van der Waals surface area contributed by atoms with E-state index in [0.717, 1.165) is 30.0 Å². The molecule has 0 aliphatic carbocycles. The number of halogens is 1. The molecule has 2 heterocycles. The number of nitrogens with zero attached hydrogens (tertiary/aromatic N) is 3. The van der Waals surface area contributed by atoms with Gasteiger partial charge in [-0.05, 0) is 41.8 Å². The summed E-state index contributed by atoms with van der Waals surface area (Å²) in [4.78, 5) is 13.0. The Morgan fingerprint density at radius 1 is 1.29 bits per heavy atom. The molecule has 5 nitrogen and oxygen atoms in total. The standard InChI is InChI=1S/C15H12ClN3O2/c1-9(15(20)21)10-2-3-12-11(8-10)6-7-19(12)14-5-4-13(16)17-18-14/h2-5,8H,1,6-7H2,(H,20,21). The Morgan fingerprint density at radius 2 is 2.10 bits per heavy atom. The van der Waals surface area contributed by atoms with Gasteiger partial charge in [0, 0.05) is 12.2 Å². The van der Waals surface area contributed by atoms with E-state index < -0.39 is 5.97 Å². The minimum atomic E-state index is -1.01. The number of carboxylic acid groups (broad SMARTS) is 1. The zero-order valence-corrected chi connectivity index (χ0v) is 11.8. The molecule has 0 spiro atoms. The third-order valence-corrected chi connectivity index (χ3v) is 3.68. The Labute approximate surface area is 126 Å². The summed E-state index contributed by atoms with van der Waals surface area (Å²) in [5.74, 6) is -0.281. The van der Waals surface area contributed by atoms with Gasteiger partial charge in [-0.2, -0.15) is 0 Å². The van der Waals surface area contributed by atoms with Gasteiger partial charge in [0.25, 0.3) is 0 Å². The minimum absolute atomic E-state index is 0.0996. The van der Waals surface area contributed by atoms with E-state index in [9.17, 15) is 4.79 Å². The molecule has 0 fully saturated rings. The number of carboxylic acids is 1. The van der Waals surface area contributed by atoms with Gasteiger partial charge in [0.2, 0.25) is 0 Å². The fourth-order valence-corrected chi connectivity index (χ4v) is 2.50. The van der Waals surface area contributed by atoms with E-state index >= 15 is 0 Å². The molecule has 21 heavy (non-hydrogen) atoms. The van der Waals surface area contributed by atoms with E-state index in [2.05, 4.69) is 16.8 Å². The first-order valence-corrected chi connectivity index (χ1v) is 6.76. The van der Waals surface area contributed by atoms with Crippen molar-refractivity contribution in [3.63, 3.8) is 0 Å². The number of hydrogen-bond donors (Lipinski definition) is 1. The third-order valence-electron chi connectivity index (χ3n) is 3.48. The van der Waals surface area contributed by atoms with Crippen LogP contribution >= 0.6 is 11.6 Å². The van der Waals surface area contributed by atoms with Crippen molar-refractivity contribution < 1.29 is 9.90 Å². The first-order chi connectivity index (χ1) is 10.1. The molecule has 0 amide bonds. The molecule has 106 valence electrons. The van der Waals surface area contributed by atoms with Gasteiger partial charge >= 0.3 is 5.97 Å². The highest BCUT2D eigenvalue weighted by Gasteiger charge is 2.22. The van der Waals surface area contributed by atoms with Crippen LogP contribution in [-0.4, -0.2) is 27.8 Å². The van der Waals surface area contributed by atoms with Crippen LogP contribution in [0.15, 0.2) is 36.9 Å². The summed E-state index contributed by atoms with van der Waals surface area (Å²) in [5.41, 5.74) is 2.81. The van der Waals surface area contributed by atoms with Crippen LogP contribution in [0.3, 0.4) is 0 Å². The molecule has 2 aromatic rings. The fraction of sp³-hybridized carbons (Fsp3) is 0.133. The maximum atomic E-state index is 11.0. The smallest absolute Gasteiger partial charge is 0.335 e. The Kier molecular flexibility index (Phi) is 3.35. The Balaban J connectivity index is 1.95. The van der Waals surface area contributed by atoms with Gasteiger partial charge in [0.15, 0.2) is 11.0 Å². The number of benzene rings is 1. The van der Waals surface area contributed by atoms with Gasteiger partial charge in [0.05, 0.1) is 5.57 Å². The van der Waals surface area contributed by atoms with Crippen LogP contribution in [-0.2, 0) is 11.2 Å². The average Bonchev–Trinajstić information content (AvgIpc) is 2.90. The highest BCUT2D eigenvalue weighted by molar-refractivity contribution is 6.29. The molecule has 3 rings (SSSR count). The van der Waals surface area contributed by atoms with Crippen molar-refractivity contribution in [2.75, 3.05) is 11.4 Å². The van der Waals surface area contributed by atoms with Crippen LogP contribution in [0, 0.1) is 0 Å². The van der Waals surface area contributed by atoms with Crippen molar-refractivity contribution in [3.05, 3.63) is 53.2 Å². The molecule has 0 saturated heterocycles. The monoisotopic (exact) mass is 301 g/mol. The van der Waals surface area contributed by atoms with E-state index in [1.165, 1.54) is 0 Å². The second kappa shape index (κ2) is 5.18. The summed E-state index contributed by atoms with van der Waals surface area (Å²) in [7, 11) is 0. The molecule has 0 atom stereocenters. The molecular formula is C15H12ClN3O2. The Morgan fingerprint density at radius 3 is 2.76 bits per heavy atom. The summed E-state index contributed by atoms with van der Waals surface area (Å²) < 4.78 is 0. The van der Waals surface area contributed by atoms with Crippen molar-refractivity contribution in [3.8, 4) is 0 Å². The Bertz CT molecular complexity index is 728. The summed E-state index contributed by atoms with van der Waals surface area (Å²) in [5, 5.41) is 17.3. The molecule has 0 radical (unpaired) electrons. The fourth-order valence-electron chi connectivity index (χ4n) is 2.40. The van der Waals surface area contributed by atoms with Crippen LogP contribution in [0.1, 0.15) is 11.1 Å². The van der Waals surface area contributed by atoms with Crippen molar-refractivity contribution in [1.29, 1.82) is 0 Å². The normalized spacial score (nSPS) is 13.1. The van der Waals surface area contributed by atoms with E-state index in [-0.39, 0.29) is 5.57 Å². The van der Waals surface area contributed by atoms with Crippen LogP contribution in [0.5, 0.6) is 0 Å². The van der Waals surface area contributed by atoms with E-state index in [4.69, 9.17) is 16.7 Å². The van der Waals surface area contributed by atoms with E-state index in [1.807, 2.05) is 23.1 Å². The van der Waals surface area contributed by atoms with Crippen molar-refractivity contribution >= 4 is 34.6 Å². The number of anilines is 2. The van der Waals surface area contributed by atoms with Crippen molar-refractivity contribution in [2.24, 2.45) is 0 Å². The van der Waals surface area contributed by atoms with Gasteiger partial charge in [-0.15, -0.1) is 10.2 Å². The van der Waals surface area contributed by atoms with Crippen LogP contribution in [0.25, 0.3) is 5.57 Å². The lowest BCUT2D eigenvalue weighted by molar-refractivity contribution is -0.130. The number of aromatic nitrogens is 2. The van der Waals surface area contributed by atoms with Gasteiger partial charge < -0.3 is 10.0 Å². The largest absolute Gasteiger partial charge is 0.478 e. The first-order valence-electron chi connectivity index (χ1n) is 6.38. The summed E-state index contributed by atoms with van der Waals surface area (Å²) in [6.07, 6.45) is 0.820. The highest BCUT2D eigenvalue weighted by atomic mass is 35.5. The highest BCUT2D eigenvalue weighted by Crippen LogP contribution is 2.35. The maximum Gasteiger partial charge on any atom is 0.335 e. The van der Waals surface area contributed by atoms with Crippen molar-refractivity contribution in [2.45, 2.75) is 6.42 Å². The van der Waals surface area contributed by atoms with E-state index in [1.54, 1.807) is 12.1 Å². The van der Waals surface area contributed by atoms with Gasteiger partial charge in [-0.3, -0.25) is 0 Å². The molecule has 0 unspecified atom stereocenters. The number of fused-ring (bicyclic) bond motifs is 1. The number of hydrogen-bond acceptors (Lipinski definition) is 4. The van der Waals surface area contributed by atoms with Gasteiger partial charge in [-0.1, -0.05) is 24.2 Å². The molecule has 0 bridgehead atoms. The predicted octanol–water partition coefficient (Wildman–Crippen LogP) is 2.92. The third kappa shape index (κ3) is 2.48. The molecule has 1 aromatic heterocycles. The van der Waals surface area contributed by atoms with Crippen LogP contribution in [0.4, 0.5) is 11.5 Å². The number of rotatable bonds is 3. The van der Waals surface area contributed by atoms with Crippen LogP contribution in [0.2, 0.25) is 5.15 Å². The lowest BCUT2D eigenvalue weighted by Gasteiger charge is -2.17. The summed E-state index contributed by atoms with van der Waals surface area (Å²) >= 11 is 5.75. The van der Waals surface area contributed by atoms with Gasteiger partial charge in [0.1, 0.15) is 0 Å². The molecule has 1 aliphatic rings. The first kappa shape index (κ1) is 13.6. The lowest BCUT2D eigenvalue weighted by atomic mass is 10.0. The topological polar surface area (TPSA) is 66.3 Å². The predicted molar refractivity (Wildman–Crippen MR) is 80.9 cm³/mol. The second-order valence-electron chi connectivity index (χ2n) is 4.74. The maximum absolute atomic E-state index is 11.0. The Hall–Kier alpha value is -2.40. The zero-order valence-electron chi connectivity index (χ0n) is 11.1. The number of carbonyl (C=O) groups is 1. The molecular weight excluding hydrogens is 290 g/mol. The minimum Gasteiger partial charge on any atom is -0.478 e. The quantitative estimate of drug-likeness (QED) is 0.883. The van der Waals surface area contributed by atoms with Gasteiger partial charge in [-0.25, -0.2) is 4.79 Å². The number of aliphatic carboxylic acids is 1. The average molecular weight is 302 g/mol. The molecule has 1 aliphatic heterocycles. The van der Waals surface area contributed by atoms with Crippen molar-refractivity contribution in [1.82, 2.24) is 10.2 Å². The summed E-state index contributed by atoms with van der Waals surface area (Å²) in [6.45, 7) is 4.36. The van der Waals surface area contributed by atoms with Crippen LogP contribution < -0.4 is 4.90 Å². The summed E-state index contributed by atoms with van der Waals surface area (Å²) in [6, 6.07) is 9.03. The second-order valence-corrected chi connectivity index (χ2v) is 5.13. The van der Waals surface area contributed by atoms with E-state index in [0.29, 0.717) is 10.7 Å². The molecule has 6 heteroatoms. The SMILES string of the molecule is C=C(C(=O)O)c1ccc2c(c1)CCN2c1ccc(Cl)nn1. The molecule has 1 aromatic carbocycles. The molecule has 0 saturated carbocycles. The lowest BCUT2D eigenvalue weighted by Crippen LogP contribution is -2.15.